The molecule has 0 saturated carbocycles. The molecule has 1 aromatic heterocycles. The van der Waals surface area contributed by atoms with E-state index in [9.17, 15) is 4.79 Å². The molecule has 0 radical (unpaired) electrons. The lowest BCUT2D eigenvalue weighted by molar-refractivity contribution is 0.471. The summed E-state index contributed by atoms with van der Waals surface area (Å²) in [6.45, 7) is 0. The number of benzene rings is 3. The molecule has 4 heteroatoms. The molecule has 3 heterocycles. The third kappa shape index (κ3) is 3.23. The van der Waals surface area contributed by atoms with Crippen molar-refractivity contribution in [2.24, 2.45) is 0 Å². The van der Waals surface area contributed by atoms with Crippen LogP contribution in [0.3, 0.4) is 0 Å². The molecule has 3 aromatic carbocycles. The Balaban J connectivity index is 1.34. The molecule has 0 N–H and O–H groups in total. The maximum absolute atomic E-state index is 13.5. The van der Waals surface area contributed by atoms with Crippen LogP contribution in [-0.2, 0) is 0 Å². The Morgan fingerprint density at radius 2 is 1.62 bits per heavy atom. The number of hydrogen-bond acceptors (Lipinski definition) is 3. The summed E-state index contributed by atoms with van der Waals surface area (Å²) in [6.07, 6.45) is 7.40. The molecule has 3 atom stereocenters. The van der Waals surface area contributed by atoms with Crippen molar-refractivity contribution in [3.63, 3.8) is 0 Å². The third-order valence-electron chi connectivity index (χ3n) is 6.73. The van der Waals surface area contributed by atoms with E-state index in [0.717, 1.165) is 30.6 Å². The van der Waals surface area contributed by atoms with Crippen molar-refractivity contribution in [1.29, 1.82) is 0 Å². The molecular weight excluding hydrogens is 394 g/mol. The van der Waals surface area contributed by atoms with Crippen LogP contribution in [0.15, 0.2) is 95.8 Å². The van der Waals surface area contributed by atoms with Crippen molar-refractivity contribution in [3.05, 3.63) is 118 Å². The zero-order chi connectivity index (χ0) is 21.5. The normalized spacial score (nSPS) is 21.5. The first-order valence-corrected chi connectivity index (χ1v) is 11.4. The fourth-order valence-corrected chi connectivity index (χ4v) is 5.15. The van der Waals surface area contributed by atoms with Crippen LogP contribution in [0.5, 0.6) is 0 Å². The summed E-state index contributed by atoms with van der Waals surface area (Å²) in [6, 6.07) is 29.2. The highest BCUT2D eigenvalue weighted by Crippen LogP contribution is 2.50. The van der Waals surface area contributed by atoms with Gasteiger partial charge in [-0.1, -0.05) is 84.9 Å². The lowest BCUT2D eigenvalue weighted by Crippen LogP contribution is -2.38. The van der Waals surface area contributed by atoms with Gasteiger partial charge in [-0.05, 0) is 42.5 Å². The monoisotopic (exact) mass is 419 g/mol. The molecule has 4 nitrogen and oxygen atoms in total. The van der Waals surface area contributed by atoms with E-state index in [2.05, 4.69) is 65.7 Å². The zero-order valence-electron chi connectivity index (χ0n) is 17.8. The van der Waals surface area contributed by atoms with Gasteiger partial charge in [0.2, 0.25) is 0 Å². The van der Waals surface area contributed by atoms with Crippen LogP contribution in [-0.4, -0.2) is 15.7 Å². The molecule has 2 aliphatic rings. The predicted molar refractivity (Wildman–Crippen MR) is 129 cm³/mol. The molecular formula is C28H25N3O. The molecule has 2 aliphatic heterocycles. The second kappa shape index (κ2) is 7.79. The average Bonchev–Trinajstić information content (AvgIpc) is 3.57. The predicted octanol–water partition coefficient (Wildman–Crippen LogP) is 5.44. The van der Waals surface area contributed by atoms with Crippen LogP contribution >= 0.6 is 0 Å². The Bertz CT molecular complexity index is 1340. The van der Waals surface area contributed by atoms with Crippen molar-refractivity contribution in [3.8, 4) is 0 Å². The number of rotatable bonds is 5. The van der Waals surface area contributed by atoms with Crippen LogP contribution in [0, 0.1) is 0 Å². The van der Waals surface area contributed by atoms with Crippen LogP contribution in [0.25, 0.3) is 17.0 Å². The van der Waals surface area contributed by atoms with Gasteiger partial charge in [-0.2, -0.15) is 0 Å². The number of aromatic nitrogens is 2. The highest BCUT2D eigenvalue weighted by atomic mass is 16.1. The third-order valence-corrected chi connectivity index (χ3v) is 6.73. The van der Waals surface area contributed by atoms with Crippen molar-refractivity contribution < 1.29 is 0 Å². The van der Waals surface area contributed by atoms with Gasteiger partial charge < -0.3 is 0 Å². The Morgan fingerprint density at radius 3 is 2.44 bits per heavy atom. The van der Waals surface area contributed by atoms with E-state index in [1.54, 1.807) is 0 Å². The lowest BCUT2D eigenvalue weighted by Gasteiger charge is -2.26. The second-order valence-electron chi connectivity index (χ2n) is 8.73. The lowest BCUT2D eigenvalue weighted by atomic mass is 9.93. The minimum Gasteiger partial charge on any atom is -0.293 e. The highest BCUT2D eigenvalue weighted by molar-refractivity contribution is 5.77. The highest BCUT2D eigenvalue weighted by Gasteiger charge is 2.54. The van der Waals surface area contributed by atoms with Crippen molar-refractivity contribution in [2.75, 3.05) is 5.01 Å². The standard InChI is InChI=1S/C28H25N3O/c32-28-23-17-9-10-18-24(23)29-27-22(16-8-7-13-20-11-3-1-4-12-20)19-25-26(30(25)31(27)28)21-14-5-2-6-15-21/h1-7,9-15,17-18,22,25-26H,8,16,19H2/b13-7-/t22-,25+,26-,30?/m0/s1. The van der Waals surface area contributed by atoms with Crippen molar-refractivity contribution in [2.45, 2.75) is 37.3 Å². The van der Waals surface area contributed by atoms with E-state index in [1.807, 2.05) is 41.1 Å². The summed E-state index contributed by atoms with van der Waals surface area (Å²) in [5.74, 6) is 1.18. The van der Waals surface area contributed by atoms with Crippen LogP contribution in [0.1, 0.15) is 48.2 Å². The largest absolute Gasteiger partial charge is 0.293 e. The minimum absolute atomic E-state index is 0.0542. The van der Waals surface area contributed by atoms with Gasteiger partial charge in [-0.3, -0.25) is 9.80 Å². The first kappa shape index (κ1) is 19.1. The maximum atomic E-state index is 13.5. The van der Waals surface area contributed by atoms with E-state index in [1.165, 1.54) is 11.1 Å². The van der Waals surface area contributed by atoms with Gasteiger partial charge in [0.1, 0.15) is 5.82 Å². The Labute approximate surface area is 187 Å². The molecule has 6 rings (SSSR count). The summed E-state index contributed by atoms with van der Waals surface area (Å²) in [7, 11) is 0. The smallest absolute Gasteiger partial charge is 0.280 e. The number of para-hydroxylation sites is 1. The first-order chi connectivity index (χ1) is 15.8. The second-order valence-corrected chi connectivity index (χ2v) is 8.73. The molecule has 0 spiro atoms. The van der Waals surface area contributed by atoms with Crippen LogP contribution in [0.4, 0.5) is 0 Å². The Hall–Kier alpha value is -3.66. The number of hydrogen-bond donors (Lipinski definition) is 0. The molecule has 158 valence electrons. The summed E-state index contributed by atoms with van der Waals surface area (Å²) in [5, 5.41) is 2.93. The molecule has 0 bridgehead atoms. The van der Waals surface area contributed by atoms with E-state index in [0.29, 0.717) is 11.4 Å². The van der Waals surface area contributed by atoms with Gasteiger partial charge >= 0.3 is 0 Å². The Kier molecular flexibility index (Phi) is 4.64. The fraction of sp³-hybridized carbons (Fsp3) is 0.214. The molecule has 0 unspecified atom stereocenters. The maximum Gasteiger partial charge on any atom is 0.280 e. The van der Waals surface area contributed by atoms with Crippen molar-refractivity contribution >= 4 is 17.0 Å². The SMILES string of the molecule is O=c1c2ccccc2nc2n1N1[C@H](C[C@@H]2CC/C=C\c2ccccc2)[C@@H]1c1ccccc1. The molecule has 0 aliphatic carbocycles. The van der Waals surface area contributed by atoms with E-state index in [-0.39, 0.29) is 17.5 Å². The number of allylic oxidation sites excluding steroid dienone is 1. The van der Waals surface area contributed by atoms with Gasteiger partial charge in [-0.15, -0.1) is 0 Å². The van der Waals surface area contributed by atoms with Gasteiger partial charge in [0.15, 0.2) is 0 Å². The van der Waals surface area contributed by atoms with E-state index >= 15 is 0 Å². The Morgan fingerprint density at radius 1 is 0.906 bits per heavy atom. The number of nitrogens with zero attached hydrogens (tertiary/aromatic N) is 3. The summed E-state index contributed by atoms with van der Waals surface area (Å²) >= 11 is 0. The van der Waals surface area contributed by atoms with Crippen LogP contribution < -0.4 is 10.6 Å². The average molecular weight is 420 g/mol. The topological polar surface area (TPSA) is 37.9 Å². The quantitative estimate of drug-likeness (QED) is 0.404. The van der Waals surface area contributed by atoms with E-state index in [4.69, 9.17) is 4.98 Å². The molecule has 1 saturated heterocycles. The van der Waals surface area contributed by atoms with Crippen molar-refractivity contribution in [1.82, 2.24) is 9.66 Å². The van der Waals surface area contributed by atoms with Gasteiger partial charge in [0.05, 0.1) is 23.0 Å². The fourth-order valence-electron chi connectivity index (χ4n) is 5.15. The molecule has 4 aromatic rings. The summed E-state index contributed by atoms with van der Waals surface area (Å²) < 4.78 is 1.89. The summed E-state index contributed by atoms with van der Waals surface area (Å²) in [4.78, 5) is 18.5. The van der Waals surface area contributed by atoms with E-state index < -0.39 is 0 Å². The zero-order valence-corrected chi connectivity index (χ0v) is 17.8. The van der Waals surface area contributed by atoms with Gasteiger partial charge in [0, 0.05) is 5.92 Å². The summed E-state index contributed by atoms with van der Waals surface area (Å²) in [5.41, 5.74) is 3.34. The molecule has 32 heavy (non-hydrogen) atoms. The molecule has 1 fully saturated rings. The van der Waals surface area contributed by atoms with Gasteiger partial charge in [0.25, 0.3) is 5.56 Å². The number of fused-ring (bicyclic) bond motifs is 4. The van der Waals surface area contributed by atoms with Crippen LogP contribution in [0.2, 0.25) is 0 Å². The minimum atomic E-state index is 0.0542. The van der Waals surface area contributed by atoms with Gasteiger partial charge in [-0.25, -0.2) is 9.66 Å². The first-order valence-electron chi connectivity index (χ1n) is 11.4. The molecule has 0 amide bonds.